The summed E-state index contributed by atoms with van der Waals surface area (Å²) in [5.41, 5.74) is -0.560. The molecule has 7 nitrogen and oxygen atoms in total. The molecule has 2 saturated heterocycles. The lowest BCUT2D eigenvalue weighted by atomic mass is 9.76. The van der Waals surface area contributed by atoms with Gasteiger partial charge in [-0.3, -0.25) is 24.6 Å². The lowest BCUT2D eigenvalue weighted by Crippen LogP contribution is -2.54. The van der Waals surface area contributed by atoms with Crippen molar-refractivity contribution in [1.82, 2.24) is 10.2 Å². The predicted octanol–water partition coefficient (Wildman–Crippen LogP) is 1.24. The first-order valence-corrected chi connectivity index (χ1v) is 9.56. The second kappa shape index (κ2) is 6.63. The van der Waals surface area contributed by atoms with E-state index in [-0.39, 0.29) is 30.3 Å². The minimum Gasteiger partial charge on any atom is -0.385 e. The Labute approximate surface area is 162 Å². The molecule has 2 fully saturated rings. The number of methoxy groups -OCH3 is 1. The fourth-order valence-electron chi connectivity index (χ4n) is 4.93. The second-order valence-electron chi connectivity index (χ2n) is 8.04. The highest BCUT2D eigenvalue weighted by Gasteiger charge is 2.70. The average molecular weight is 389 g/mol. The van der Waals surface area contributed by atoms with Crippen molar-refractivity contribution in [3.05, 3.63) is 29.6 Å². The number of hydrogen-bond donors (Lipinski definition) is 2. The molecule has 3 aliphatic rings. The van der Waals surface area contributed by atoms with Gasteiger partial charge in [0.05, 0.1) is 11.8 Å². The predicted molar refractivity (Wildman–Crippen MR) is 98.7 cm³/mol. The van der Waals surface area contributed by atoms with Gasteiger partial charge in [0.15, 0.2) is 0 Å². The van der Waals surface area contributed by atoms with E-state index in [4.69, 9.17) is 4.74 Å². The molecule has 0 saturated carbocycles. The van der Waals surface area contributed by atoms with Gasteiger partial charge in [-0.05, 0) is 30.5 Å². The zero-order valence-electron chi connectivity index (χ0n) is 16.1. The van der Waals surface area contributed by atoms with Gasteiger partial charge in [-0.25, -0.2) is 4.39 Å². The monoisotopic (exact) mass is 389 g/mol. The normalized spacial score (nSPS) is 31.1. The second-order valence-corrected chi connectivity index (χ2v) is 8.04. The number of rotatable bonds is 5. The summed E-state index contributed by atoms with van der Waals surface area (Å²) in [5, 5.41) is 6.04. The maximum absolute atomic E-state index is 14.0. The van der Waals surface area contributed by atoms with Gasteiger partial charge in [-0.1, -0.05) is 13.8 Å². The van der Waals surface area contributed by atoms with Crippen molar-refractivity contribution in [3.63, 3.8) is 0 Å². The number of carbonyl (C=O) groups excluding carboxylic acids is 3. The van der Waals surface area contributed by atoms with Crippen LogP contribution in [0.2, 0.25) is 0 Å². The van der Waals surface area contributed by atoms with Gasteiger partial charge >= 0.3 is 0 Å². The fourth-order valence-corrected chi connectivity index (χ4v) is 4.93. The molecule has 150 valence electrons. The number of nitrogens with zero attached hydrogens (tertiary/aromatic N) is 1. The summed E-state index contributed by atoms with van der Waals surface area (Å²) in [6.07, 6.45) is 0.525. The van der Waals surface area contributed by atoms with E-state index in [1.54, 1.807) is 7.11 Å². The molecule has 0 aliphatic carbocycles. The van der Waals surface area contributed by atoms with E-state index >= 15 is 0 Å². The Kier molecular flexibility index (Phi) is 4.50. The maximum Gasteiger partial charge on any atom is 0.250 e. The van der Waals surface area contributed by atoms with E-state index < -0.39 is 29.1 Å². The Bertz CT molecular complexity index is 858. The summed E-state index contributed by atoms with van der Waals surface area (Å²) < 4.78 is 19.1. The summed E-state index contributed by atoms with van der Waals surface area (Å²) in [4.78, 5) is 40.8. The summed E-state index contributed by atoms with van der Waals surface area (Å²) in [6.45, 7) is 4.56. The first kappa shape index (κ1) is 19.0. The lowest BCUT2D eigenvalue weighted by molar-refractivity contribution is -0.143. The Morgan fingerprint density at radius 2 is 2.00 bits per heavy atom. The van der Waals surface area contributed by atoms with Crippen LogP contribution in [-0.2, 0) is 24.7 Å². The van der Waals surface area contributed by atoms with Crippen LogP contribution in [0.3, 0.4) is 0 Å². The van der Waals surface area contributed by atoms with Crippen LogP contribution in [0, 0.1) is 23.6 Å². The van der Waals surface area contributed by atoms with Crippen molar-refractivity contribution in [2.45, 2.75) is 31.8 Å². The molecular weight excluding hydrogens is 365 g/mol. The van der Waals surface area contributed by atoms with Gasteiger partial charge in [0, 0.05) is 37.6 Å². The summed E-state index contributed by atoms with van der Waals surface area (Å²) in [6, 6.07) is 3.68. The van der Waals surface area contributed by atoms with Gasteiger partial charge in [-0.15, -0.1) is 0 Å². The van der Waals surface area contributed by atoms with Crippen molar-refractivity contribution < 1.29 is 23.5 Å². The molecule has 4 atom stereocenters. The molecule has 8 heteroatoms. The Morgan fingerprint density at radius 3 is 2.68 bits per heavy atom. The van der Waals surface area contributed by atoms with E-state index in [1.165, 1.54) is 23.1 Å². The molecule has 1 spiro atoms. The van der Waals surface area contributed by atoms with Gasteiger partial charge < -0.3 is 10.1 Å². The molecule has 4 unspecified atom stereocenters. The van der Waals surface area contributed by atoms with Gasteiger partial charge in [-0.2, -0.15) is 0 Å². The third-order valence-corrected chi connectivity index (χ3v) is 6.15. The molecule has 1 aromatic rings. The number of hydrogen-bond acceptors (Lipinski definition) is 5. The number of nitrogens with one attached hydrogen (secondary N) is 2. The number of likely N-dealkylation sites (tertiary alicyclic amines) is 1. The summed E-state index contributed by atoms with van der Waals surface area (Å²) >= 11 is 0. The Morgan fingerprint density at radius 1 is 1.25 bits per heavy atom. The fraction of sp³-hybridized carbons (Fsp3) is 0.550. The van der Waals surface area contributed by atoms with Crippen LogP contribution < -0.4 is 10.6 Å². The number of halogens is 1. The molecular formula is C20H24FN3O4. The Hall–Kier alpha value is -2.32. The number of carbonyl (C=O) groups is 3. The molecule has 0 bridgehead atoms. The third kappa shape index (κ3) is 2.44. The number of imide groups is 1. The number of anilines is 1. The molecule has 1 aromatic carbocycles. The first-order chi connectivity index (χ1) is 13.3. The third-order valence-electron chi connectivity index (χ3n) is 6.15. The lowest BCUT2D eigenvalue weighted by Gasteiger charge is -2.30. The molecule has 3 aliphatic heterocycles. The van der Waals surface area contributed by atoms with Gasteiger partial charge in [0.2, 0.25) is 17.7 Å². The van der Waals surface area contributed by atoms with E-state index in [0.29, 0.717) is 24.3 Å². The topological polar surface area (TPSA) is 87.7 Å². The molecule has 28 heavy (non-hydrogen) atoms. The minimum absolute atomic E-state index is 0.00737. The highest BCUT2D eigenvalue weighted by molar-refractivity contribution is 6.15. The van der Waals surface area contributed by atoms with Crippen molar-refractivity contribution in [2.24, 2.45) is 17.8 Å². The van der Waals surface area contributed by atoms with Crippen molar-refractivity contribution in [3.8, 4) is 0 Å². The summed E-state index contributed by atoms with van der Waals surface area (Å²) in [7, 11) is 1.56. The molecule has 3 amide bonds. The average Bonchev–Trinajstić information content (AvgIpc) is 3.23. The number of fused-ring (bicyclic) bond motifs is 4. The highest BCUT2D eigenvalue weighted by atomic mass is 19.1. The molecule has 3 heterocycles. The zero-order valence-corrected chi connectivity index (χ0v) is 16.1. The van der Waals surface area contributed by atoms with E-state index in [0.717, 1.165) is 0 Å². The quantitative estimate of drug-likeness (QED) is 0.584. The maximum atomic E-state index is 14.0. The minimum atomic E-state index is -1.43. The Balaban J connectivity index is 1.81. The summed E-state index contributed by atoms with van der Waals surface area (Å²) in [5.74, 6) is -3.09. The van der Waals surface area contributed by atoms with Crippen LogP contribution in [0.15, 0.2) is 18.2 Å². The van der Waals surface area contributed by atoms with Crippen molar-refractivity contribution >= 4 is 23.4 Å². The standard InChI is InChI=1S/C20H24FN3O4/c1-10(2)16-14-15(18(26)24(17(14)25)7-4-8-28-3)20(23-16)12-9-11(21)5-6-13(12)22-19(20)27/h5-6,9-10,14-16,23H,4,7-8H2,1-3H3,(H,22,27). The zero-order chi connectivity index (χ0) is 20.2. The first-order valence-electron chi connectivity index (χ1n) is 9.56. The van der Waals surface area contributed by atoms with Gasteiger partial charge in [0.25, 0.3) is 0 Å². The van der Waals surface area contributed by atoms with Crippen LogP contribution in [0.25, 0.3) is 0 Å². The van der Waals surface area contributed by atoms with Crippen LogP contribution in [0.4, 0.5) is 10.1 Å². The number of benzene rings is 1. The van der Waals surface area contributed by atoms with E-state index in [9.17, 15) is 18.8 Å². The number of ether oxygens (including phenoxy) is 1. The van der Waals surface area contributed by atoms with Crippen LogP contribution >= 0.6 is 0 Å². The van der Waals surface area contributed by atoms with E-state index in [1.807, 2.05) is 13.8 Å². The van der Waals surface area contributed by atoms with Crippen molar-refractivity contribution in [2.75, 3.05) is 25.6 Å². The van der Waals surface area contributed by atoms with Crippen LogP contribution in [0.5, 0.6) is 0 Å². The molecule has 0 aromatic heterocycles. The highest BCUT2D eigenvalue weighted by Crippen LogP contribution is 2.53. The van der Waals surface area contributed by atoms with Crippen molar-refractivity contribution in [1.29, 1.82) is 0 Å². The van der Waals surface area contributed by atoms with Crippen LogP contribution in [0.1, 0.15) is 25.8 Å². The smallest absolute Gasteiger partial charge is 0.250 e. The molecule has 0 radical (unpaired) electrons. The van der Waals surface area contributed by atoms with Crippen LogP contribution in [-0.4, -0.2) is 48.9 Å². The molecule has 2 N–H and O–H groups in total. The number of amides is 3. The molecule has 4 rings (SSSR count). The van der Waals surface area contributed by atoms with E-state index in [2.05, 4.69) is 10.6 Å². The van der Waals surface area contributed by atoms with Gasteiger partial charge in [0.1, 0.15) is 11.4 Å². The largest absolute Gasteiger partial charge is 0.385 e. The SMILES string of the molecule is COCCCN1C(=O)C2C(C(C)C)NC3(C(=O)Nc4ccc(F)cc43)C2C1=O.